The fourth-order valence-corrected chi connectivity index (χ4v) is 1.24. The van der Waals surface area contributed by atoms with Crippen molar-refractivity contribution in [1.29, 1.82) is 0 Å². The number of rotatable bonds is 3. The van der Waals surface area contributed by atoms with E-state index in [1.54, 1.807) is 0 Å². The molecule has 0 heterocycles. The number of aryl methyl sites for hydroxylation is 2. The first-order chi connectivity index (χ1) is 6.09. The Morgan fingerprint density at radius 2 is 1.85 bits per heavy atom. The Morgan fingerprint density at radius 3 is 2.38 bits per heavy atom. The Hall–Kier alpha value is -0.820. The van der Waals surface area contributed by atoms with Gasteiger partial charge in [0.15, 0.2) is 0 Å². The van der Waals surface area contributed by atoms with Crippen LogP contribution in [0.5, 0.6) is 0 Å². The van der Waals surface area contributed by atoms with E-state index in [4.69, 9.17) is 0 Å². The average molecular weight is 177 g/mol. The first kappa shape index (κ1) is 10.3. The van der Waals surface area contributed by atoms with Crippen molar-refractivity contribution in [1.82, 2.24) is 5.32 Å². The molecule has 0 saturated heterocycles. The topological polar surface area (TPSA) is 12.0 Å². The summed E-state index contributed by atoms with van der Waals surface area (Å²) in [7, 11) is 0. The van der Waals surface area contributed by atoms with Crippen molar-refractivity contribution in [2.24, 2.45) is 0 Å². The summed E-state index contributed by atoms with van der Waals surface area (Å²) in [5.74, 6) is 0. The number of hydrogen-bond acceptors (Lipinski definition) is 1. The molecule has 1 heteroatoms. The molecule has 1 aromatic carbocycles. The predicted octanol–water partition coefficient (Wildman–Crippen LogP) is 2.80. The lowest BCUT2D eigenvalue weighted by Gasteiger charge is -2.09. The summed E-state index contributed by atoms with van der Waals surface area (Å²) in [6, 6.07) is 7.19. The first-order valence-corrected chi connectivity index (χ1v) is 4.89. The fourth-order valence-electron chi connectivity index (χ4n) is 1.24. The summed E-state index contributed by atoms with van der Waals surface area (Å²) in [5.41, 5.74) is 4.12. The fraction of sp³-hybridized carbons (Fsp3) is 0.500. The Bertz CT molecular complexity index is 276. The summed E-state index contributed by atoms with van der Waals surface area (Å²) in [6.07, 6.45) is 0. The van der Waals surface area contributed by atoms with Gasteiger partial charge in [-0.05, 0) is 30.5 Å². The normalized spacial score (nSPS) is 10.8. The van der Waals surface area contributed by atoms with E-state index in [1.807, 2.05) is 0 Å². The quantitative estimate of drug-likeness (QED) is 0.748. The first-order valence-electron chi connectivity index (χ1n) is 4.89. The molecule has 0 fully saturated rings. The van der Waals surface area contributed by atoms with Crippen molar-refractivity contribution in [2.75, 3.05) is 0 Å². The van der Waals surface area contributed by atoms with E-state index in [0.29, 0.717) is 6.04 Å². The third kappa shape index (κ3) is 3.19. The van der Waals surface area contributed by atoms with Crippen LogP contribution in [0.3, 0.4) is 0 Å². The molecule has 0 aromatic heterocycles. The number of hydrogen-bond donors (Lipinski definition) is 1. The molecule has 0 saturated carbocycles. The molecule has 13 heavy (non-hydrogen) atoms. The molecule has 0 aliphatic carbocycles. The minimum absolute atomic E-state index is 0.557. The van der Waals surface area contributed by atoms with Crippen molar-refractivity contribution >= 4 is 0 Å². The van der Waals surface area contributed by atoms with Crippen molar-refractivity contribution in [3.8, 4) is 0 Å². The smallest absolute Gasteiger partial charge is 0.0207 e. The van der Waals surface area contributed by atoms with E-state index in [0.717, 1.165) is 6.54 Å². The van der Waals surface area contributed by atoms with Crippen LogP contribution in [0.25, 0.3) is 0 Å². The second kappa shape index (κ2) is 4.43. The second-order valence-electron chi connectivity index (χ2n) is 3.95. The van der Waals surface area contributed by atoms with Crippen LogP contribution in [0.1, 0.15) is 30.5 Å². The van der Waals surface area contributed by atoms with Crippen LogP contribution in [0.15, 0.2) is 18.2 Å². The van der Waals surface area contributed by atoms with E-state index in [1.165, 1.54) is 16.7 Å². The van der Waals surface area contributed by atoms with Gasteiger partial charge in [0.1, 0.15) is 0 Å². The molecule has 1 aromatic rings. The third-order valence-corrected chi connectivity index (χ3v) is 2.29. The summed E-state index contributed by atoms with van der Waals surface area (Å²) in [5, 5.41) is 3.41. The number of benzene rings is 1. The van der Waals surface area contributed by atoms with Gasteiger partial charge in [-0.15, -0.1) is 0 Å². The molecular weight excluding hydrogens is 158 g/mol. The highest BCUT2D eigenvalue weighted by Crippen LogP contribution is 2.09. The van der Waals surface area contributed by atoms with Gasteiger partial charge in [0.25, 0.3) is 0 Å². The van der Waals surface area contributed by atoms with Gasteiger partial charge in [0.2, 0.25) is 0 Å². The van der Waals surface area contributed by atoms with Crippen LogP contribution in [-0.4, -0.2) is 6.04 Å². The molecule has 1 rings (SSSR count). The van der Waals surface area contributed by atoms with Gasteiger partial charge in [0.05, 0.1) is 0 Å². The standard InChI is InChI=1S/C12H19N/c1-9(2)13-8-12-6-5-10(3)11(4)7-12/h5-7,9,13H,8H2,1-4H3. The van der Waals surface area contributed by atoms with Crippen molar-refractivity contribution < 1.29 is 0 Å². The highest BCUT2D eigenvalue weighted by Gasteiger charge is 1.97. The van der Waals surface area contributed by atoms with Crippen LogP contribution in [0.4, 0.5) is 0 Å². The zero-order chi connectivity index (χ0) is 9.84. The minimum atomic E-state index is 0.557. The molecular formula is C12H19N. The van der Waals surface area contributed by atoms with Crippen LogP contribution in [0.2, 0.25) is 0 Å². The van der Waals surface area contributed by atoms with E-state index >= 15 is 0 Å². The zero-order valence-corrected chi connectivity index (χ0v) is 9.02. The Balaban J connectivity index is 2.63. The highest BCUT2D eigenvalue weighted by molar-refractivity contribution is 5.29. The van der Waals surface area contributed by atoms with E-state index < -0.39 is 0 Å². The molecule has 0 atom stereocenters. The van der Waals surface area contributed by atoms with Crippen molar-refractivity contribution in [3.05, 3.63) is 34.9 Å². The van der Waals surface area contributed by atoms with Gasteiger partial charge in [-0.2, -0.15) is 0 Å². The summed E-state index contributed by atoms with van der Waals surface area (Å²) >= 11 is 0. The van der Waals surface area contributed by atoms with Gasteiger partial charge < -0.3 is 5.32 Å². The third-order valence-electron chi connectivity index (χ3n) is 2.29. The van der Waals surface area contributed by atoms with Crippen LogP contribution < -0.4 is 5.32 Å². The Kier molecular flexibility index (Phi) is 3.49. The van der Waals surface area contributed by atoms with Crippen molar-refractivity contribution in [3.63, 3.8) is 0 Å². The summed E-state index contributed by atoms with van der Waals surface area (Å²) in [4.78, 5) is 0. The summed E-state index contributed by atoms with van der Waals surface area (Å²) < 4.78 is 0. The SMILES string of the molecule is Cc1ccc(CNC(C)C)cc1C. The zero-order valence-electron chi connectivity index (χ0n) is 9.02. The van der Waals surface area contributed by atoms with E-state index in [2.05, 4.69) is 51.2 Å². The maximum atomic E-state index is 3.41. The predicted molar refractivity (Wildman–Crippen MR) is 57.9 cm³/mol. The Labute approximate surface area is 81.2 Å². The maximum Gasteiger partial charge on any atom is 0.0207 e. The van der Waals surface area contributed by atoms with Gasteiger partial charge >= 0.3 is 0 Å². The highest BCUT2D eigenvalue weighted by atomic mass is 14.9. The average Bonchev–Trinajstić information content (AvgIpc) is 2.07. The molecule has 1 N–H and O–H groups in total. The molecule has 0 aliphatic rings. The minimum Gasteiger partial charge on any atom is -0.310 e. The van der Waals surface area contributed by atoms with Crippen molar-refractivity contribution in [2.45, 2.75) is 40.3 Å². The van der Waals surface area contributed by atoms with E-state index in [9.17, 15) is 0 Å². The lowest BCUT2D eigenvalue weighted by atomic mass is 10.1. The van der Waals surface area contributed by atoms with Gasteiger partial charge in [0, 0.05) is 12.6 Å². The lowest BCUT2D eigenvalue weighted by molar-refractivity contribution is 0.588. The Morgan fingerprint density at radius 1 is 1.15 bits per heavy atom. The monoisotopic (exact) mass is 177 g/mol. The molecule has 0 spiro atoms. The molecule has 0 amide bonds. The van der Waals surface area contributed by atoms with E-state index in [-0.39, 0.29) is 0 Å². The van der Waals surface area contributed by atoms with Crippen LogP contribution >= 0.6 is 0 Å². The van der Waals surface area contributed by atoms with Gasteiger partial charge in [-0.1, -0.05) is 32.0 Å². The molecule has 0 unspecified atom stereocenters. The van der Waals surface area contributed by atoms with Gasteiger partial charge in [-0.3, -0.25) is 0 Å². The molecule has 0 radical (unpaired) electrons. The summed E-state index contributed by atoms with van der Waals surface area (Å²) in [6.45, 7) is 9.62. The van der Waals surface area contributed by atoms with Crippen LogP contribution in [0, 0.1) is 13.8 Å². The van der Waals surface area contributed by atoms with Crippen LogP contribution in [-0.2, 0) is 6.54 Å². The molecule has 0 bridgehead atoms. The van der Waals surface area contributed by atoms with Gasteiger partial charge in [-0.25, -0.2) is 0 Å². The molecule has 1 nitrogen and oxygen atoms in total. The second-order valence-corrected chi connectivity index (χ2v) is 3.95. The number of nitrogens with one attached hydrogen (secondary N) is 1. The largest absolute Gasteiger partial charge is 0.310 e. The molecule has 72 valence electrons. The molecule has 0 aliphatic heterocycles. The maximum absolute atomic E-state index is 3.41. The lowest BCUT2D eigenvalue weighted by Crippen LogP contribution is -2.21.